The molecule has 22 heavy (non-hydrogen) atoms. The molecule has 1 unspecified atom stereocenters. The summed E-state index contributed by atoms with van der Waals surface area (Å²) in [5, 5.41) is 0. The molecule has 0 saturated carbocycles. The van der Waals surface area contributed by atoms with Gasteiger partial charge in [0.05, 0.1) is 5.56 Å². The van der Waals surface area contributed by atoms with E-state index in [2.05, 4.69) is 13.8 Å². The van der Waals surface area contributed by atoms with Crippen LogP contribution in [0.3, 0.4) is 0 Å². The Morgan fingerprint density at radius 1 is 1.23 bits per heavy atom. The molecule has 0 bridgehead atoms. The van der Waals surface area contributed by atoms with Gasteiger partial charge in [-0.1, -0.05) is 32.9 Å². The third kappa shape index (κ3) is 5.51. The fraction of sp³-hybridized carbons (Fsp3) is 0.556. The van der Waals surface area contributed by atoms with Gasteiger partial charge in [0.15, 0.2) is 6.61 Å². The molecule has 1 aromatic carbocycles. The Kier molecular flexibility index (Phi) is 6.60. The summed E-state index contributed by atoms with van der Waals surface area (Å²) >= 11 is 0. The topological polar surface area (TPSA) is 52.6 Å². The summed E-state index contributed by atoms with van der Waals surface area (Å²) in [5.41, 5.74) is 1.01. The number of rotatable bonds is 7. The van der Waals surface area contributed by atoms with Crippen molar-refractivity contribution in [2.75, 3.05) is 6.61 Å². The highest BCUT2D eigenvalue weighted by molar-refractivity contribution is 5.91. The van der Waals surface area contributed by atoms with Gasteiger partial charge >= 0.3 is 11.9 Å². The molecular weight excluding hydrogens is 280 g/mol. The Bertz CT molecular complexity index is 520. The van der Waals surface area contributed by atoms with Gasteiger partial charge in [0.2, 0.25) is 0 Å². The molecule has 122 valence electrons. The summed E-state index contributed by atoms with van der Waals surface area (Å²) in [7, 11) is 0. The Hall–Kier alpha value is -1.84. The van der Waals surface area contributed by atoms with Crippen LogP contribution in [0.15, 0.2) is 24.3 Å². The molecule has 0 amide bonds. The molecule has 0 radical (unpaired) electrons. The van der Waals surface area contributed by atoms with Gasteiger partial charge in [-0.3, -0.25) is 0 Å². The maximum Gasteiger partial charge on any atom is 0.344 e. The molecular formula is C18H26O4. The van der Waals surface area contributed by atoms with E-state index in [0.717, 1.165) is 12.0 Å². The van der Waals surface area contributed by atoms with Crippen LogP contribution in [0.4, 0.5) is 0 Å². The molecule has 0 spiro atoms. The number of esters is 2. The lowest BCUT2D eigenvalue weighted by molar-refractivity contribution is -0.160. The first-order valence-corrected chi connectivity index (χ1v) is 7.78. The lowest BCUT2D eigenvalue weighted by atomic mass is 9.97. The molecule has 1 aromatic rings. The van der Waals surface area contributed by atoms with Crippen molar-refractivity contribution in [2.24, 2.45) is 0 Å². The number of hydrogen-bond donors (Lipinski definition) is 0. The quantitative estimate of drug-likeness (QED) is 0.712. The minimum absolute atomic E-state index is 0.365. The Morgan fingerprint density at radius 3 is 2.50 bits per heavy atom. The minimum atomic E-state index is -0.542. The van der Waals surface area contributed by atoms with E-state index < -0.39 is 17.5 Å². The molecule has 0 aliphatic heterocycles. The van der Waals surface area contributed by atoms with Crippen molar-refractivity contribution in [3.8, 4) is 0 Å². The lowest BCUT2D eigenvalue weighted by Gasteiger charge is -2.23. The maximum atomic E-state index is 12.0. The molecule has 1 atom stereocenters. The first-order valence-electron chi connectivity index (χ1n) is 7.78. The number of hydrogen-bond acceptors (Lipinski definition) is 4. The fourth-order valence-corrected chi connectivity index (χ4v) is 1.83. The maximum absolute atomic E-state index is 12.0. The van der Waals surface area contributed by atoms with E-state index in [1.807, 2.05) is 39.0 Å². The molecule has 0 aromatic heterocycles. The van der Waals surface area contributed by atoms with Crippen molar-refractivity contribution in [1.29, 1.82) is 0 Å². The molecule has 0 heterocycles. The van der Waals surface area contributed by atoms with Crippen LogP contribution in [0, 0.1) is 0 Å². The highest BCUT2D eigenvalue weighted by Gasteiger charge is 2.21. The van der Waals surface area contributed by atoms with Crippen LogP contribution in [0.2, 0.25) is 0 Å². The van der Waals surface area contributed by atoms with Crippen LogP contribution in [-0.4, -0.2) is 24.1 Å². The van der Waals surface area contributed by atoms with Crippen LogP contribution in [0.1, 0.15) is 69.3 Å². The molecule has 0 N–H and O–H groups in total. The molecule has 0 fully saturated rings. The molecule has 0 aliphatic rings. The van der Waals surface area contributed by atoms with Crippen LogP contribution in [-0.2, 0) is 14.3 Å². The van der Waals surface area contributed by atoms with Gasteiger partial charge in [-0.05, 0) is 50.3 Å². The summed E-state index contributed by atoms with van der Waals surface area (Å²) in [6.07, 6.45) is 1.70. The Morgan fingerprint density at radius 2 is 1.91 bits per heavy atom. The monoisotopic (exact) mass is 306 g/mol. The number of carbonyl (C=O) groups excluding carboxylic acids is 2. The highest BCUT2D eigenvalue weighted by atomic mass is 16.6. The van der Waals surface area contributed by atoms with Crippen molar-refractivity contribution >= 4 is 11.9 Å². The standard InChI is InChI=1S/C18H26O4/c1-6-13(3)14-9-8-10-15(11-14)17(20)21-12-16(19)22-18(4,5)7-2/h8-11,13H,6-7,12H2,1-5H3. The van der Waals surface area contributed by atoms with E-state index in [1.165, 1.54) is 0 Å². The van der Waals surface area contributed by atoms with E-state index in [0.29, 0.717) is 17.9 Å². The zero-order chi connectivity index (χ0) is 16.8. The second kappa shape index (κ2) is 7.97. The van der Waals surface area contributed by atoms with E-state index in [4.69, 9.17) is 9.47 Å². The Labute approximate surface area is 132 Å². The van der Waals surface area contributed by atoms with E-state index in [1.54, 1.807) is 6.07 Å². The summed E-state index contributed by atoms with van der Waals surface area (Å²) in [5.74, 6) is -0.655. The van der Waals surface area contributed by atoms with Crippen LogP contribution >= 0.6 is 0 Å². The lowest BCUT2D eigenvalue weighted by Crippen LogP contribution is -2.29. The van der Waals surface area contributed by atoms with Gasteiger partial charge in [0.25, 0.3) is 0 Å². The van der Waals surface area contributed by atoms with Crippen molar-refractivity contribution in [3.63, 3.8) is 0 Å². The van der Waals surface area contributed by atoms with Gasteiger partial charge in [-0.15, -0.1) is 0 Å². The van der Waals surface area contributed by atoms with Gasteiger partial charge in [0.1, 0.15) is 5.60 Å². The van der Waals surface area contributed by atoms with E-state index in [-0.39, 0.29) is 6.61 Å². The van der Waals surface area contributed by atoms with E-state index in [9.17, 15) is 9.59 Å². The first-order chi connectivity index (χ1) is 10.3. The fourth-order valence-electron chi connectivity index (χ4n) is 1.83. The number of benzene rings is 1. The smallest absolute Gasteiger partial charge is 0.344 e. The second-order valence-electron chi connectivity index (χ2n) is 6.10. The highest BCUT2D eigenvalue weighted by Crippen LogP contribution is 2.20. The molecule has 0 aliphatic carbocycles. The molecule has 4 nitrogen and oxygen atoms in total. The Balaban J connectivity index is 2.61. The van der Waals surface area contributed by atoms with Gasteiger partial charge < -0.3 is 9.47 Å². The zero-order valence-electron chi connectivity index (χ0n) is 14.1. The normalized spacial score (nSPS) is 12.6. The van der Waals surface area contributed by atoms with Crippen LogP contribution < -0.4 is 0 Å². The zero-order valence-corrected chi connectivity index (χ0v) is 14.1. The number of carbonyl (C=O) groups is 2. The largest absolute Gasteiger partial charge is 0.457 e. The second-order valence-corrected chi connectivity index (χ2v) is 6.10. The van der Waals surface area contributed by atoms with Gasteiger partial charge in [0, 0.05) is 0 Å². The summed E-state index contributed by atoms with van der Waals surface area (Å²) in [6, 6.07) is 7.33. The third-order valence-corrected chi connectivity index (χ3v) is 3.87. The van der Waals surface area contributed by atoms with E-state index >= 15 is 0 Å². The summed E-state index contributed by atoms with van der Waals surface area (Å²) in [4.78, 5) is 23.7. The third-order valence-electron chi connectivity index (χ3n) is 3.87. The van der Waals surface area contributed by atoms with Crippen molar-refractivity contribution in [1.82, 2.24) is 0 Å². The predicted molar refractivity (Wildman–Crippen MR) is 85.9 cm³/mol. The number of ether oxygens (including phenoxy) is 2. The van der Waals surface area contributed by atoms with Crippen LogP contribution in [0.5, 0.6) is 0 Å². The molecule has 4 heteroatoms. The predicted octanol–water partition coefficient (Wildman–Crippen LogP) is 4.09. The molecule has 0 saturated heterocycles. The van der Waals surface area contributed by atoms with Crippen molar-refractivity contribution in [2.45, 2.75) is 59.0 Å². The van der Waals surface area contributed by atoms with Gasteiger partial charge in [-0.25, -0.2) is 9.59 Å². The average molecular weight is 306 g/mol. The van der Waals surface area contributed by atoms with Gasteiger partial charge in [-0.2, -0.15) is 0 Å². The molecule has 1 rings (SSSR count). The summed E-state index contributed by atoms with van der Waals surface area (Å²) < 4.78 is 10.3. The van der Waals surface area contributed by atoms with Crippen LogP contribution in [0.25, 0.3) is 0 Å². The average Bonchev–Trinajstić information content (AvgIpc) is 2.51. The minimum Gasteiger partial charge on any atom is -0.457 e. The first kappa shape index (κ1) is 18.2. The summed E-state index contributed by atoms with van der Waals surface area (Å²) in [6.45, 7) is 9.41. The van der Waals surface area contributed by atoms with Crippen molar-refractivity contribution < 1.29 is 19.1 Å². The van der Waals surface area contributed by atoms with Crippen molar-refractivity contribution in [3.05, 3.63) is 35.4 Å². The SMILES string of the molecule is CCC(C)c1cccc(C(=O)OCC(=O)OC(C)(C)CC)c1.